The van der Waals surface area contributed by atoms with Crippen molar-refractivity contribution < 1.29 is 18.0 Å². The topological polar surface area (TPSA) is 71.5 Å². The lowest BCUT2D eigenvalue weighted by atomic mass is 10.1. The van der Waals surface area contributed by atoms with Gasteiger partial charge in [-0.05, 0) is 25.1 Å². The van der Waals surface area contributed by atoms with Gasteiger partial charge in [0.1, 0.15) is 5.75 Å². The summed E-state index contributed by atoms with van der Waals surface area (Å²) in [5, 5.41) is 0. The molecule has 0 atom stereocenters. The van der Waals surface area contributed by atoms with Crippen molar-refractivity contribution in [3.63, 3.8) is 0 Å². The van der Waals surface area contributed by atoms with Gasteiger partial charge >= 0.3 is 0 Å². The van der Waals surface area contributed by atoms with Gasteiger partial charge < -0.3 is 4.90 Å². The van der Waals surface area contributed by atoms with E-state index in [1.54, 1.807) is 19.9 Å². The molecule has 1 heterocycles. The Morgan fingerprint density at radius 2 is 2.00 bits per heavy atom. The average Bonchev–Trinajstić information content (AvgIpc) is 2.37. The number of anilines is 1. The zero-order valence-electron chi connectivity index (χ0n) is 10.8. The van der Waals surface area contributed by atoms with Crippen LogP contribution in [0.5, 0.6) is 0 Å². The van der Waals surface area contributed by atoms with Crippen molar-refractivity contribution in [2.24, 2.45) is 0 Å². The van der Waals surface area contributed by atoms with Crippen LogP contribution < -0.4 is 4.90 Å². The Hall–Kier alpha value is -1.69. The highest BCUT2D eigenvalue weighted by Crippen LogP contribution is 2.32. The molecular formula is C13H15NO4S. The molecular weight excluding hydrogens is 266 g/mol. The number of carbonyl (C=O) groups is 2. The Kier molecular flexibility index (Phi) is 3.45. The van der Waals surface area contributed by atoms with E-state index in [-0.39, 0.29) is 10.7 Å². The van der Waals surface area contributed by atoms with Crippen molar-refractivity contribution in [1.29, 1.82) is 0 Å². The fraction of sp³-hybridized carbons (Fsp3) is 0.385. The van der Waals surface area contributed by atoms with Crippen LogP contribution in [-0.4, -0.2) is 32.4 Å². The standard InChI is InChI=1S/C13H15NO4S/c1-3-11(15)9-5-6-10-12(7-9)19(17,18)8-13(16)14(10)4-2/h5-7H,3-4,8H2,1-2H3. The first kappa shape index (κ1) is 13.7. The van der Waals surface area contributed by atoms with Crippen molar-refractivity contribution in [2.45, 2.75) is 25.2 Å². The number of Topliss-reactive ketones (excluding diaryl/α,β-unsaturated/α-hetero) is 1. The number of sulfone groups is 1. The Morgan fingerprint density at radius 1 is 1.32 bits per heavy atom. The number of carbonyl (C=O) groups excluding carboxylic acids is 2. The predicted octanol–water partition coefficient (Wildman–Crippen LogP) is 1.42. The van der Waals surface area contributed by atoms with Crippen LogP contribution >= 0.6 is 0 Å². The minimum Gasteiger partial charge on any atom is -0.310 e. The monoisotopic (exact) mass is 281 g/mol. The maximum atomic E-state index is 12.0. The Labute approximate surface area is 112 Å². The van der Waals surface area contributed by atoms with E-state index >= 15 is 0 Å². The summed E-state index contributed by atoms with van der Waals surface area (Å²) < 4.78 is 24.1. The lowest BCUT2D eigenvalue weighted by Crippen LogP contribution is -2.40. The number of rotatable bonds is 3. The molecule has 19 heavy (non-hydrogen) atoms. The van der Waals surface area contributed by atoms with Gasteiger partial charge in [0.25, 0.3) is 0 Å². The van der Waals surface area contributed by atoms with Crippen LogP contribution in [0.1, 0.15) is 30.6 Å². The highest BCUT2D eigenvalue weighted by Gasteiger charge is 2.34. The molecule has 2 rings (SSSR count). The second-order valence-electron chi connectivity index (χ2n) is 4.36. The van der Waals surface area contributed by atoms with Gasteiger partial charge in [-0.2, -0.15) is 0 Å². The normalized spacial score (nSPS) is 17.2. The molecule has 1 aromatic carbocycles. The first-order valence-corrected chi connectivity index (χ1v) is 7.76. The fourth-order valence-electron chi connectivity index (χ4n) is 2.16. The van der Waals surface area contributed by atoms with E-state index < -0.39 is 21.5 Å². The van der Waals surface area contributed by atoms with Crippen molar-refractivity contribution in [3.8, 4) is 0 Å². The van der Waals surface area contributed by atoms with Gasteiger partial charge in [-0.1, -0.05) is 6.92 Å². The van der Waals surface area contributed by atoms with Gasteiger partial charge in [0.05, 0.1) is 10.6 Å². The van der Waals surface area contributed by atoms with Crippen molar-refractivity contribution in [3.05, 3.63) is 23.8 Å². The van der Waals surface area contributed by atoms with Gasteiger partial charge in [0.2, 0.25) is 5.91 Å². The minimum atomic E-state index is -3.64. The molecule has 0 unspecified atom stereocenters. The minimum absolute atomic E-state index is 0.0771. The number of hydrogen-bond acceptors (Lipinski definition) is 4. The Balaban J connectivity index is 2.65. The van der Waals surface area contributed by atoms with E-state index in [2.05, 4.69) is 0 Å². The number of hydrogen-bond donors (Lipinski definition) is 0. The van der Waals surface area contributed by atoms with Gasteiger partial charge in [-0.25, -0.2) is 8.42 Å². The molecule has 0 N–H and O–H groups in total. The van der Waals surface area contributed by atoms with E-state index in [1.165, 1.54) is 17.0 Å². The predicted molar refractivity (Wildman–Crippen MR) is 71.1 cm³/mol. The third-order valence-corrected chi connectivity index (χ3v) is 4.78. The highest BCUT2D eigenvalue weighted by molar-refractivity contribution is 7.92. The zero-order valence-corrected chi connectivity index (χ0v) is 11.7. The summed E-state index contributed by atoms with van der Waals surface area (Å²) in [7, 11) is -3.64. The highest BCUT2D eigenvalue weighted by atomic mass is 32.2. The van der Waals surface area contributed by atoms with E-state index in [1.807, 2.05) is 0 Å². The van der Waals surface area contributed by atoms with Gasteiger partial charge in [0, 0.05) is 18.5 Å². The average molecular weight is 281 g/mol. The molecule has 0 fully saturated rings. The molecule has 1 amide bonds. The number of amides is 1. The molecule has 1 aliphatic rings. The summed E-state index contributed by atoms with van der Waals surface area (Å²) >= 11 is 0. The lowest BCUT2D eigenvalue weighted by Gasteiger charge is -2.28. The van der Waals surface area contributed by atoms with Gasteiger partial charge in [0.15, 0.2) is 15.6 Å². The molecule has 0 radical (unpaired) electrons. The summed E-state index contributed by atoms with van der Waals surface area (Å²) in [5.41, 5.74) is 0.738. The SMILES string of the molecule is CCC(=O)c1ccc2c(c1)S(=O)(=O)CC(=O)N2CC. The zero-order chi connectivity index (χ0) is 14.2. The molecule has 0 bridgehead atoms. The van der Waals surface area contributed by atoms with E-state index in [4.69, 9.17) is 0 Å². The summed E-state index contributed by atoms with van der Waals surface area (Å²) in [6.07, 6.45) is 0.315. The molecule has 0 saturated heterocycles. The van der Waals surface area contributed by atoms with Crippen LogP contribution in [0.2, 0.25) is 0 Å². The fourth-order valence-corrected chi connectivity index (χ4v) is 3.60. The second kappa shape index (κ2) is 4.77. The van der Waals surface area contributed by atoms with E-state index in [9.17, 15) is 18.0 Å². The Bertz CT molecular complexity index is 649. The van der Waals surface area contributed by atoms with Gasteiger partial charge in [-0.3, -0.25) is 9.59 Å². The first-order chi connectivity index (χ1) is 8.90. The van der Waals surface area contributed by atoms with Crippen molar-refractivity contribution in [1.82, 2.24) is 0 Å². The second-order valence-corrected chi connectivity index (χ2v) is 6.31. The van der Waals surface area contributed by atoms with Crippen LogP contribution in [0.25, 0.3) is 0 Å². The summed E-state index contributed by atoms with van der Waals surface area (Å²) in [6, 6.07) is 4.49. The van der Waals surface area contributed by atoms with Crippen LogP contribution in [0.15, 0.2) is 23.1 Å². The molecule has 0 aliphatic carbocycles. The molecule has 6 heteroatoms. The van der Waals surface area contributed by atoms with Crippen molar-refractivity contribution in [2.75, 3.05) is 17.2 Å². The number of benzene rings is 1. The van der Waals surface area contributed by atoms with Gasteiger partial charge in [-0.15, -0.1) is 0 Å². The molecule has 102 valence electrons. The molecule has 5 nitrogen and oxygen atoms in total. The van der Waals surface area contributed by atoms with Crippen LogP contribution in [-0.2, 0) is 14.6 Å². The third-order valence-electron chi connectivity index (χ3n) is 3.16. The van der Waals surface area contributed by atoms with Crippen LogP contribution in [0, 0.1) is 0 Å². The maximum Gasteiger partial charge on any atom is 0.242 e. The van der Waals surface area contributed by atoms with E-state index in [0.717, 1.165) is 0 Å². The molecule has 0 aromatic heterocycles. The quantitative estimate of drug-likeness (QED) is 0.786. The molecule has 0 spiro atoms. The summed E-state index contributed by atoms with van der Waals surface area (Å²) in [5.74, 6) is -1.07. The summed E-state index contributed by atoms with van der Waals surface area (Å²) in [6.45, 7) is 3.91. The van der Waals surface area contributed by atoms with Crippen LogP contribution in [0.3, 0.4) is 0 Å². The van der Waals surface area contributed by atoms with Crippen LogP contribution in [0.4, 0.5) is 5.69 Å². The maximum absolute atomic E-state index is 12.0. The first-order valence-electron chi connectivity index (χ1n) is 6.11. The number of fused-ring (bicyclic) bond motifs is 1. The smallest absolute Gasteiger partial charge is 0.242 e. The Morgan fingerprint density at radius 3 is 2.58 bits per heavy atom. The van der Waals surface area contributed by atoms with Crippen molar-refractivity contribution >= 4 is 27.2 Å². The largest absolute Gasteiger partial charge is 0.310 e. The third kappa shape index (κ3) is 2.28. The summed E-state index contributed by atoms with van der Waals surface area (Å²) in [4.78, 5) is 24.9. The number of ketones is 1. The number of nitrogens with zero attached hydrogens (tertiary/aromatic N) is 1. The molecule has 1 aromatic rings. The molecule has 1 aliphatic heterocycles. The van der Waals surface area contributed by atoms with E-state index in [0.29, 0.717) is 24.2 Å². The lowest BCUT2D eigenvalue weighted by molar-refractivity contribution is -0.116. The molecule has 0 saturated carbocycles.